The summed E-state index contributed by atoms with van der Waals surface area (Å²) in [5, 5.41) is 0. The molecule has 0 aliphatic heterocycles. The largest absolute Gasteiger partial charge is 1.00 e. The van der Waals surface area contributed by atoms with Gasteiger partial charge in [0.25, 0.3) is 0 Å². The second kappa shape index (κ2) is 2.76. The van der Waals surface area contributed by atoms with E-state index in [0.29, 0.717) is 0 Å². The normalized spacial score (nSPS) is 49.5. The molecule has 0 radical (unpaired) electrons. The summed E-state index contributed by atoms with van der Waals surface area (Å²) in [5.41, 5.74) is 0. The molecule has 0 aromatic heterocycles. The summed E-state index contributed by atoms with van der Waals surface area (Å²) in [5.74, 6) is 3.82. The molecule has 0 amide bonds. The molecule has 0 nitrogen and oxygen atoms in total. The van der Waals surface area contributed by atoms with E-state index in [1.54, 1.807) is 0 Å². The zero-order valence-corrected chi connectivity index (χ0v) is 9.03. The van der Waals surface area contributed by atoms with Gasteiger partial charge in [-0.05, 0) is 36.5 Å². The molecule has 1 fully saturated rings. The van der Waals surface area contributed by atoms with Gasteiger partial charge >= 0.3 is 29.6 Å². The van der Waals surface area contributed by atoms with Crippen molar-refractivity contribution < 1.29 is 31.0 Å². The molecule has 3 rings (SSSR count). The van der Waals surface area contributed by atoms with E-state index in [1.807, 2.05) is 0 Å². The molecule has 0 heterocycles. The summed E-state index contributed by atoms with van der Waals surface area (Å²) >= 11 is 0. The third-order valence-electron chi connectivity index (χ3n) is 3.46. The first kappa shape index (κ1) is 8.10. The van der Waals surface area contributed by atoms with Crippen molar-refractivity contribution in [1.82, 2.24) is 0 Å². The van der Waals surface area contributed by atoms with Crippen molar-refractivity contribution in [2.75, 3.05) is 0 Å². The standard InChI is InChI=1S/C10H12.Na.H/c1-2-9-7-4-5-8(6-7)10(9)3-1;;/h1-2,4-5,7-10H,3,6H2;;/q;+1;-1. The third-order valence-corrected chi connectivity index (χ3v) is 3.46. The zero-order valence-electron chi connectivity index (χ0n) is 8.03. The Balaban J connectivity index is 0.000000360. The Hall–Kier alpha value is 0.480. The fourth-order valence-corrected chi connectivity index (χ4v) is 2.97. The molecule has 4 unspecified atom stereocenters. The van der Waals surface area contributed by atoms with Gasteiger partial charge in [-0.2, -0.15) is 0 Å². The predicted octanol–water partition coefficient (Wildman–Crippen LogP) is -0.499. The van der Waals surface area contributed by atoms with Crippen molar-refractivity contribution in [2.24, 2.45) is 23.7 Å². The van der Waals surface area contributed by atoms with Crippen molar-refractivity contribution in [3.8, 4) is 0 Å². The van der Waals surface area contributed by atoms with Crippen molar-refractivity contribution in [3.05, 3.63) is 24.3 Å². The van der Waals surface area contributed by atoms with Gasteiger partial charge in [0.1, 0.15) is 0 Å². The van der Waals surface area contributed by atoms with E-state index in [4.69, 9.17) is 0 Å². The molecular weight excluding hydrogens is 143 g/mol. The summed E-state index contributed by atoms with van der Waals surface area (Å²) in [4.78, 5) is 0. The first-order chi connectivity index (χ1) is 4.95. The molecular formula is C10H13Na. The van der Waals surface area contributed by atoms with Crippen LogP contribution in [0.5, 0.6) is 0 Å². The molecule has 0 aromatic rings. The van der Waals surface area contributed by atoms with E-state index < -0.39 is 0 Å². The van der Waals surface area contributed by atoms with Crippen LogP contribution in [0.4, 0.5) is 0 Å². The molecule has 0 aromatic carbocycles. The smallest absolute Gasteiger partial charge is 1.00 e. The molecule has 0 N–H and O–H groups in total. The van der Waals surface area contributed by atoms with Gasteiger partial charge in [-0.25, -0.2) is 0 Å². The molecule has 4 atom stereocenters. The quantitative estimate of drug-likeness (QED) is 0.328. The fourth-order valence-electron chi connectivity index (χ4n) is 2.97. The van der Waals surface area contributed by atoms with E-state index in [2.05, 4.69) is 24.3 Å². The van der Waals surface area contributed by atoms with Gasteiger partial charge in [-0.1, -0.05) is 24.3 Å². The van der Waals surface area contributed by atoms with Gasteiger partial charge in [-0.15, -0.1) is 0 Å². The SMILES string of the molecule is C1=CC2C3C=CC(C3)C2C1.[H-].[Na+]. The summed E-state index contributed by atoms with van der Waals surface area (Å²) < 4.78 is 0. The van der Waals surface area contributed by atoms with Gasteiger partial charge in [0.15, 0.2) is 0 Å². The first-order valence-corrected chi connectivity index (χ1v) is 4.30. The Morgan fingerprint density at radius 3 is 2.73 bits per heavy atom. The minimum atomic E-state index is 0. The Morgan fingerprint density at radius 2 is 1.91 bits per heavy atom. The molecule has 0 spiro atoms. The van der Waals surface area contributed by atoms with Crippen LogP contribution in [0.1, 0.15) is 14.3 Å². The van der Waals surface area contributed by atoms with Crippen LogP contribution >= 0.6 is 0 Å². The molecule has 3 aliphatic carbocycles. The van der Waals surface area contributed by atoms with Gasteiger partial charge in [0.2, 0.25) is 0 Å². The Morgan fingerprint density at radius 1 is 1.09 bits per heavy atom. The van der Waals surface area contributed by atoms with Gasteiger partial charge < -0.3 is 1.43 Å². The van der Waals surface area contributed by atoms with Crippen molar-refractivity contribution in [2.45, 2.75) is 12.8 Å². The summed E-state index contributed by atoms with van der Waals surface area (Å²) in [6.45, 7) is 0. The molecule has 1 saturated carbocycles. The Kier molecular flexibility index (Phi) is 2.03. The van der Waals surface area contributed by atoms with Gasteiger partial charge in [-0.3, -0.25) is 0 Å². The van der Waals surface area contributed by atoms with E-state index >= 15 is 0 Å². The van der Waals surface area contributed by atoms with Crippen LogP contribution in [0.2, 0.25) is 0 Å². The van der Waals surface area contributed by atoms with Crippen LogP contribution < -0.4 is 29.6 Å². The molecule has 2 bridgehead atoms. The van der Waals surface area contributed by atoms with Gasteiger partial charge in [0, 0.05) is 0 Å². The van der Waals surface area contributed by atoms with Crippen molar-refractivity contribution in [1.29, 1.82) is 0 Å². The number of fused-ring (bicyclic) bond motifs is 5. The molecule has 1 heteroatoms. The minimum absolute atomic E-state index is 0. The minimum Gasteiger partial charge on any atom is -1.00 e. The summed E-state index contributed by atoms with van der Waals surface area (Å²) in [7, 11) is 0. The number of hydrogen-bond donors (Lipinski definition) is 0. The zero-order chi connectivity index (χ0) is 6.55. The average molecular weight is 156 g/mol. The molecule has 11 heavy (non-hydrogen) atoms. The summed E-state index contributed by atoms with van der Waals surface area (Å²) in [6.07, 6.45) is 12.5. The van der Waals surface area contributed by atoms with Crippen molar-refractivity contribution in [3.63, 3.8) is 0 Å². The maximum atomic E-state index is 2.44. The maximum Gasteiger partial charge on any atom is 1.00 e. The molecule has 3 aliphatic rings. The predicted molar refractivity (Wildman–Crippen MR) is 42.6 cm³/mol. The van der Waals surface area contributed by atoms with Crippen LogP contribution in [0.25, 0.3) is 0 Å². The Bertz CT molecular complexity index is 222. The van der Waals surface area contributed by atoms with Crippen LogP contribution in [-0.2, 0) is 0 Å². The second-order valence-corrected chi connectivity index (χ2v) is 3.85. The van der Waals surface area contributed by atoms with Crippen LogP contribution in [0.15, 0.2) is 24.3 Å². The monoisotopic (exact) mass is 156 g/mol. The molecule has 54 valence electrons. The number of allylic oxidation sites excluding steroid dienone is 4. The third kappa shape index (κ3) is 0.998. The van der Waals surface area contributed by atoms with Crippen molar-refractivity contribution >= 4 is 0 Å². The molecule has 0 saturated heterocycles. The van der Waals surface area contributed by atoms with E-state index in [1.165, 1.54) is 12.8 Å². The van der Waals surface area contributed by atoms with Crippen LogP contribution in [0, 0.1) is 23.7 Å². The van der Waals surface area contributed by atoms with Gasteiger partial charge in [0.05, 0.1) is 0 Å². The fraction of sp³-hybridized carbons (Fsp3) is 0.600. The van der Waals surface area contributed by atoms with Crippen LogP contribution in [-0.4, -0.2) is 0 Å². The summed E-state index contributed by atoms with van der Waals surface area (Å²) in [6, 6.07) is 0. The first-order valence-electron chi connectivity index (χ1n) is 4.30. The van der Waals surface area contributed by atoms with E-state index in [-0.39, 0.29) is 31.0 Å². The van der Waals surface area contributed by atoms with E-state index in [0.717, 1.165) is 23.7 Å². The number of hydrogen-bond acceptors (Lipinski definition) is 0. The van der Waals surface area contributed by atoms with Crippen LogP contribution in [0.3, 0.4) is 0 Å². The Labute approximate surface area is 91.5 Å². The number of rotatable bonds is 0. The average Bonchev–Trinajstić information content (AvgIpc) is 2.60. The van der Waals surface area contributed by atoms with E-state index in [9.17, 15) is 0 Å². The maximum absolute atomic E-state index is 2.44. The second-order valence-electron chi connectivity index (χ2n) is 3.85. The topological polar surface area (TPSA) is 0 Å².